The fraction of sp³-hybridized carbons (Fsp3) is 0.0714. The summed E-state index contributed by atoms with van der Waals surface area (Å²) in [6, 6.07) is 6.62. The molecule has 0 bridgehead atoms. The summed E-state index contributed by atoms with van der Waals surface area (Å²) in [6.45, 7) is 0. The number of ether oxygens (including phenoxy) is 1. The Bertz CT molecular complexity index is 642. The summed E-state index contributed by atoms with van der Waals surface area (Å²) in [5.41, 5.74) is 0.259. The first-order valence-corrected chi connectivity index (χ1v) is 5.73. The zero-order valence-corrected chi connectivity index (χ0v) is 10.7. The molecule has 2 aromatic carbocycles. The van der Waals surface area contributed by atoms with Crippen molar-refractivity contribution in [3.63, 3.8) is 0 Å². The molecule has 0 aliphatic carbocycles. The number of halogens is 3. The van der Waals surface area contributed by atoms with Crippen LogP contribution >= 0.6 is 11.6 Å². The van der Waals surface area contributed by atoms with Gasteiger partial charge in [-0.2, -0.15) is 0 Å². The van der Waals surface area contributed by atoms with Crippen LogP contribution in [0.5, 0.6) is 5.75 Å². The molecule has 0 spiro atoms. The van der Waals surface area contributed by atoms with E-state index in [-0.39, 0.29) is 21.7 Å². The second-order valence-corrected chi connectivity index (χ2v) is 4.20. The largest absolute Gasteiger partial charge is 0.497 e. The van der Waals surface area contributed by atoms with Crippen LogP contribution in [-0.2, 0) is 0 Å². The van der Waals surface area contributed by atoms with Crippen molar-refractivity contribution in [1.82, 2.24) is 0 Å². The number of carbonyl (C=O) groups excluding carboxylic acids is 1. The molecule has 0 heterocycles. The molecule has 0 saturated carbocycles. The standard InChI is InChI=1S/C14H9ClF2O2/c1-19-9-2-3-10(8(6-9)7-18)13-11(15)4-5-12(16)14(13)17/h2-7H,1H3. The number of rotatable bonds is 3. The fourth-order valence-corrected chi connectivity index (χ4v) is 2.01. The number of methoxy groups -OCH3 is 1. The maximum Gasteiger partial charge on any atom is 0.168 e. The van der Waals surface area contributed by atoms with Gasteiger partial charge in [-0.25, -0.2) is 8.78 Å². The van der Waals surface area contributed by atoms with E-state index in [0.29, 0.717) is 12.0 Å². The lowest BCUT2D eigenvalue weighted by Crippen LogP contribution is -1.96. The lowest BCUT2D eigenvalue weighted by molar-refractivity contribution is 0.112. The molecule has 0 amide bonds. The van der Waals surface area contributed by atoms with Crippen LogP contribution in [-0.4, -0.2) is 13.4 Å². The van der Waals surface area contributed by atoms with Gasteiger partial charge in [0.1, 0.15) is 5.75 Å². The average Bonchev–Trinajstić information content (AvgIpc) is 2.43. The third-order valence-corrected chi connectivity index (χ3v) is 3.01. The zero-order valence-electron chi connectivity index (χ0n) is 9.91. The van der Waals surface area contributed by atoms with Crippen LogP contribution < -0.4 is 4.74 Å². The van der Waals surface area contributed by atoms with E-state index < -0.39 is 11.6 Å². The molecule has 0 radical (unpaired) electrons. The summed E-state index contributed by atoms with van der Waals surface area (Å²) in [6.07, 6.45) is 0.540. The van der Waals surface area contributed by atoms with E-state index in [4.69, 9.17) is 16.3 Å². The van der Waals surface area contributed by atoms with Gasteiger partial charge in [-0.3, -0.25) is 4.79 Å². The Morgan fingerprint density at radius 2 is 1.95 bits per heavy atom. The smallest absolute Gasteiger partial charge is 0.168 e. The van der Waals surface area contributed by atoms with E-state index in [1.54, 1.807) is 6.07 Å². The van der Waals surface area contributed by atoms with Gasteiger partial charge < -0.3 is 4.74 Å². The van der Waals surface area contributed by atoms with Crippen LogP contribution in [0.1, 0.15) is 10.4 Å². The van der Waals surface area contributed by atoms with Crippen molar-refractivity contribution in [2.24, 2.45) is 0 Å². The van der Waals surface area contributed by atoms with Gasteiger partial charge >= 0.3 is 0 Å². The molecule has 0 unspecified atom stereocenters. The van der Waals surface area contributed by atoms with Crippen LogP contribution in [0.3, 0.4) is 0 Å². The highest BCUT2D eigenvalue weighted by Gasteiger charge is 2.17. The topological polar surface area (TPSA) is 26.3 Å². The van der Waals surface area contributed by atoms with Gasteiger partial charge in [0.2, 0.25) is 0 Å². The Kier molecular flexibility index (Phi) is 3.81. The predicted molar refractivity (Wildman–Crippen MR) is 68.7 cm³/mol. The van der Waals surface area contributed by atoms with Crippen LogP contribution in [0.25, 0.3) is 11.1 Å². The number of hydrogen-bond donors (Lipinski definition) is 0. The summed E-state index contributed by atoms with van der Waals surface area (Å²) in [5, 5.41) is 0.0344. The fourth-order valence-electron chi connectivity index (χ4n) is 1.77. The Hall–Kier alpha value is -1.94. The number of hydrogen-bond acceptors (Lipinski definition) is 2. The van der Waals surface area contributed by atoms with Crippen LogP contribution in [0, 0.1) is 11.6 Å². The molecule has 19 heavy (non-hydrogen) atoms. The Morgan fingerprint density at radius 1 is 1.21 bits per heavy atom. The van der Waals surface area contributed by atoms with Crippen molar-refractivity contribution in [2.45, 2.75) is 0 Å². The van der Waals surface area contributed by atoms with E-state index in [1.165, 1.54) is 25.3 Å². The third-order valence-electron chi connectivity index (χ3n) is 2.70. The van der Waals surface area contributed by atoms with Gasteiger partial charge in [0, 0.05) is 11.1 Å². The molecule has 2 rings (SSSR count). The lowest BCUT2D eigenvalue weighted by Gasteiger charge is -2.10. The summed E-state index contributed by atoms with van der Waals surface area (Å²) >= 11 is 5.88. The van der Waals surface area contributed by atoms with Crippen molar-refractivity contribution in [2.75, 3.05) is 7.11 Å². The monoisotopic (exact) mass is 282 g/mol. The van der Waals surface area contributed by atoms with Crippen molar-refractivity contribution in [3.8, 4) is 16.9 Å². The van der Waals surface area contributed by atoms with E-state index in [0.717, 1.165) is 6.07 Å². The summed E-state index contributed by atoms with van der Waals surface area (Å²) in [7, 11) is 1.44. The van der Waals surface area contributed by atoms with E-state index in [1.807, 2.05) is 0 Å². The molecule has 98 valence electrons. The van der Waals surface area contributed by atoms with Gasteiger partial charge in [0.25, 0.3) is 0 Å². The Labute approximate surface area is 113 Å². The number of benzene rings is 2. The first-order valence-electron chi connectivity index (χ1n) is 5.35. The molecule has 0 N–H and O–H groups in total. The number of aldehydes is 1. The molecule has 0 atom stereocenters. The minimum absolute atomic E-state index is 0.0344. The normalized spacial score (nSPS) is 10.3. The lowest BCUT2D eigenvalue weighted by atomic mass is 9.99. The molecule has 5 heteroatoms. The van der Waals surface area contributed by atoms with Gasteiger partial charge in [-0.1, -0.05) is 11.6 Å². The van der Waals surface area contributed by atoms with E-state index in [2.05, 4.69) is 0 Å². The first kappa shape index (κ1) is 13.5. The van der Waals surface area contributed by atoms with Crippen molar-refractivity contribution < 1.29 is 18.3 Å². The van der Waals surface area contributed by atoms with E-state index in [9.17, 15) is 13.6 Å². The molecular weight excluding hydrogens is 274 g/mol. The zero-order chi connectivity index (χ0) is 14.0. The molecule has 0 fully saturated rings. The summed E-state index contributed by atoms with van der Waals surface area (Å²) in [4.78, 5) is 11.1. The van der Waals surface area contributed by atoms with Crippen molar-refractivity contribution >= 4 is 17.9 Å². The molecule has 0 saturated heterocycles. The van der Waals surface area contributed by atoms with Gasteiger partial charge in [0.15, 0.2) is 17.9 Å². The van der Waals surface area contributed by atoms with Gasteiger partial charge in [-0.05, 0) is 35.9 Å². The predicted octanol–water partition coefficient (Wildman–Crippen LogP) is 4.11. The van der Waals surface area contributed by atoms with Crippen molar-refractivity contribution in [1.29, 1.82) is 0 Å². The van der Waals surface area contributed by atoms with Gasteiger partial charge in [-0.15, -0.1) is 0 Å². The number of carbonyl (C=O) groups is 1. The quantitative estimate of drug-likeness (QED) is 0.626. The van der Waals surface area contributed by atoms with Crippen LogP contribution in [0.2, 0.25) is 5.02 Å². The van der Waals surface area contributed by atoms with E-state index >= 15 is 0 Å². The van der Waals surface area contributed by atoms with Crippen LogP contribution in [0.15, 0.2) is 30.3 Å². The van der Waals surface area contributed by atoms with Crippen molar-refractivity contribution in [3.05, 3.63) is 52.6 Å². The van der Waals surface area contributed by atoms with Crippen LogP contribution in [0.4, 0.5) is 8.78 Å². The SMILES string of the molecule is COc1ccc(-c2c(Cl)ccc(F)c2F)c(C=O)c1. The highest BCUT2D eigenvalue weighted by Crippen LogP contribution is 2.35. The maximum atomic E-state index is 13.8. The molecule has 2 nitrogen and oxygen atoms in total. The second-order valence-electron chi connectivity index (χ2n) is 3.79. The third kappa shape index (κ3) is 2.44. The minimum atomic E-state index is -1.08. The maximum absolute atomic E-state index is 13.8. The highest BCUT2D eigenvalue weighted by atomic mass is 35.5. The Balaban J connectivity index is 2.72. The first-order chi connectivity index (χ1) is 9.08. The summed E-state index contributed by atoms with van der Waals surface area (Å²) < 4.78 is 32.1. The van der Waals surface area contributed by atoms with Gasteiger partial charge in [0.05, 0.1) is 12.1 Å². The highest BCUT2D eigenvalue weighted by molar-refractivity contribution is 6.33. The summed E-state index contributed by atoms with van der Waals surface area (Å²) in [5.74, 6) is -1.66. The minimum Gasteiger partial charge on any atom is -0.497 e. The molecule has 2 aromatic rings. The molecule has 0 aliphatic heterocycles. The molecular formula is C14H9ClF2O2. The Morgan fingerprint density at radius 3 is 2.58 bits per heavy atom. The second kappa shape index (κ2) is 5.36. The average molecular weight is 283 g/mol. The molecule has 0 aliphatic rings. The molecule has 0 aromatic heterocycles.